The monoisotopic (exact) mass is 463 g/mol. The van der Waals surface area contributed by atoms with Gasteiger partial charge in [0.1, 0.15) is 0 Å². The van der Waals surface area contributed by atoms with E-state index in [2.05, 4.69) is 27.9 Å². The van der Waals surface area contributed by atoms with Gasteiger partial charge < -0.3 is 4.57 Å². The van der Waals surface area contributed by atoms with Crippen molar-refractivity contribution in [3.8, 4) is 0 Å². The van der Waals surface area contributed by atoms with E-state index in [1.165, 1.54) is 0 Å². The van der Waals surface area contributed by atoms with Crippen LogP contribution in [-0.2, 0) is 26.6 Å². The molecule has 0 aliphatic rings. The molecule has 168 valence electrons. The quantitative estimate of drug-likeness (QED) is 0.543. The number of aryl methyl sites for hydroxylation is 2. The summed E-state index contributed by atoms with van der Waals surface area (Å²) in [5.41, 5.74) is 3.35. The fraction of sp³-hybridized carbons (Fsp3) is 0.364. The van der Waals surface area contributed by atoms with Crippen molar-refractivity contribution < 1.29 is 16.8 Å². The first kappa shape index (κ1) is 23.1. The number of rotatable bonds is 7. The van der Waals surface area contributed by atoms with Crippen molar-refractivity contribution in [2.24, 2.45) is 5.92 Å². The first-order chi connectivity index (χ1) is 14.3. The van der Waals surface area contributed by atoms with Gasteiger partial charge in [-0.1, -0.05) is 19.9 Å². The molecule has 9 heteroatoms. The summed E-state index contributed by atoms with van der Waals surface area (Å²) in [6.45, 7) is 10.2. The third-order valence-corrected chi connectivity index (χ3v) is 7.29. The van der Waals surface area contributed by atoms with Gasteiger partial charge in [0.15, 0.2) is 0 Å². The molecule has 1 aromatic heterocycles. The Hall–Kier alpha value is -2.52. The Kier molecular flexibility index (Phi) is 6.12. The van der Waals surface area contributed by atoms with Crippen LogP contribution in [-0.4, -0.2) is 27.7 Å². The summed E-state index contributed by atoms with van der Waals surface area (Å²) >= 11 is 0. The van der Waals surface area contributed by atoms with Gasteiger partial charge in [-0.15, -0.1) is 0 Å². The molecule has 3 aromatic rings. The average Bonchev–Trinajstić information content (AvgIpc) is 2.98. The molecule has 0 bridgehead atoms. The molecular weight excluding hydrogens is 434 g/mol. The second-order valence-electron chi connectivity index (χ2n) is 8.45. The van der Waals surface area contributed by atoms with Crippen LogP contribution in [0.3, 0.4) is 0 Å². The first-order valence-electron chi connectivity index (χ1n) is 9.99. The summed E-state index contributed by atoms with van der Waals surface area (Å²) < 4.78 is 57.3. The van der Waals surface area contributed by atoms with Crippen molar-refractivity contribution in [3.05, 3.63) is 53.2 Å². The minimum atomic E-state index is -3.94. The molecule has 2 aromatic carbocycles. The summed E-state index contributed by atoms with van der Waals surface area (Å²) in [7, 11) is -7.50. The van der Waals surface area contributed by atoms with Crippen LogP contribution in [0.2, 0.25) is 0 Å². The van der Waals surface area contributed by atoms with E-state index in [0.717, 1.165) is 23.7 Å². The van der Waals surface area contributed by atoms with Crippen molar-refractivity contribution in [2.45, 2.75) is 46.1 Å². The van der Waals surface area contributed by atoms with Crippen LogP contribution in [0.1, 0.15) is 30.5 Å². The van der Waals surface area contributed by atoms with Crippen LogP contribution in [0.5, 0.6) is 0 Å². The maximum absolute atomic E-state index is 13.3. The van der Waals surface area contributed by atoms with E-state index in [1.807, 2.05) is 18.3 Å². The van der Waals surface area contributed by atoms with Crippen LogP contribution < -0.4 is 9.44 Å². The molecule has 0 spiro atoms. The first-order valence-corrected chi connectivity index (χ1v) is 13.4. The van der Waals surface area contributed by atoms with E-state index in [-0.39, 0.29) is 10.6 Å². The predicted octanol–water partition coefficient (Wildman–Crippen LogP) is 4.39. The Morgan fingerprint density at radius 1 is 0.935 bits per heavy atom. The number of benzene rings is 2. The van der Waals surface area contributed by atoms with E-state index >= 15 is 0 Å². The summed E-state index contributed by atoms with van der Waals surface area (Å²) in [4.78, 5) is 0.0710. The van der Waals surface area contributed by atoms with Gasteiger partial charge in [-0.3, -0.25) is 9.44 Å². The molecule has 3 rings (SSSR count). The van der Waals surface area contributed by atoms with Gasteiger partial charge in [-0.25, -0.2) is 16.8 Å². The molecule has 1 heterocycles. The topological polar surface area (TPSA) is 97.3 Å². The second-order valence-corrected chi connectivity index (χ2v) is 11.8. The second kappa shape index (κ2) is 8.20. The Bertz CT molecular complexity index is 1360. The molecule has 0 fully saturated rings. The predicted molar refractivity (Wildman–Crippen MR) is 127 cm³/mol. The SMILES string of the molecule is Cc1cc(C)c(S(=O)(=O)Nc2ccc3c(ccn3CC(C)C)c2)c(C)c1NS(C)(=O)=O. The normalized spacial score (nSPS) is 12.5. The Balaban J connectivity index is 2.02. The smallest absolute Gasteiger partial charge is 0.262 e. The molecular formula is C22H29N3O4S2. The third kappa shape index (κ3) is 5.04. The van der Waals surface area contributed by atoms with Gasteiger partial charge in [0.05, 0.1) is 16.8 Å². The summed E-state index contributed by atoms with van der Waals surface area (Å²) in [6.07, 6.45) is 3.04. The van der Waals surface area contributed by atoms with Crippen LogP contribution in [0.15, 0.2) is 41.4 Å². The van der Waals surface area contributed by atoms with E-state index in [1.54, 1.807) is 39.0 Å². The Morgan fingerprint density at radius 3 is 2.23 bits per heavy atom. The lowest BCUT2D eigenvalue weighted by Gasteiger charge is -2.19. The van der Waals surface area contributed by atoms with Crippen LogP contribution in [0, 0.1) is 26.7 Å². The molecule has 0 amide bonds. The molecule has 0 unspecified atom stereocenters. The van der Waals surface area contributed by atoms with Gasteiger partial charge in [0.2, 0.25) is 10.0 Å². The highest BCUT2D eigenvalue weighted by atomic mass is 32.2. The highest BCUT2D eigenvalue weighted by molar-refractivity contribution is 7.93. The minimum absolute atomic E-state index is 0.0710. The summed E-state index contributed by atoms with van der Waals surface area (Å²) in [5.74, 6) is 0.496. The number of nitrogens with one attached hydrogen (secondary N) is 2. The standard InChI is InChI=1S/C22H29N3O4S2/c1-14(2)13-25-10-9-18-12-19(7-8-20(18)25)23-31(28,29)22-16(4)11-15(3)21(17(22)5)24-30(6,26)27/h7-12,14,23-24H,13H2,1-6H3. The maximum Gasteiger partial charge on any atom is 0.262 e. The van der Waals surface area contributed by atoms with E-state index < -0.39 is 20.0 Å². The van der Waals surface area contributed by atoms with Crippen molar-refractivity contribution in [2.75, 3.05) is 15.7 Å². The number of hydrogen-bond donors (Lipinski definition) is 2. The van der Waals surface area contributed by atoms with E-state index in [4.69, 9.17) is 0 Å². The Morgan fingerprint density at radius 2 is 1.61 bits per heavy atom. The molecule has 0 saturated carbocycles. The number of anilines is 2. The number of nitrogens with zero attached hydrogens (tertiary/aromatic N) is 1. The molecule has 7 nitrogen and oxygen atoms in total. The molecule has 0 atom stereocenters. The largest absolute Gasteiger partial charge is 0.347 e. The summed E-state index contributed by atoms with van der Waals surface area (Å²) in [5, 5.41) is 0.942. The van der Waals surface area contributed by atoms with Gasteiger partial charge in [0.25, 0.3) is 10.0 Å². The number of hydrogen-bond acceptors (Lipinski definition) is 4. The number of sulfonamides is 2. The van der Waals surface area contributed by atoms with Crippen molar-refractivity contribution >= 4 is 42.3 Å². The zero-order valence-electron chi connectivity index (χ0n) is 18.6. The Labute approximate surface area is 184 Å². The van der Waals surface area contributed by atoms with Gasteiger partial charge in [-0.2, -0.15) is 0 Å². The minimum Gasteiger partial charge on any atom is -0.347 e. The maximum atomic E-state index is 13.3. The molecule has 0 aliphatic heterocycles. The molecule has 2 N–H and O–H groups in total. The van der Waals surface area contributed by atoms with Crippen LogP contribution in [0.25, 0.3) is 10.9 Å². The fourth-order valence-electron chi connectivity index (χ4n) is 3.95. The van der Waals surface area contributed by atoms with Gasteiger partial charge in [0, 0.05) is 29.3 Å². The lowest BCUT2D eigenvalue weighted by Crippen LogP contribution is -2.19. The molecule has 31 heavy (non-hydrogen) atoms. The van der Waals surface area contributed by atoms with Gasteiger partial charge in [-0.05, 0) is 67.6 Å². The van der Waals surface area contributed by atoms with Crippen molar-refractivity contribution in [1.29, 1.82) is 0 Å². The lowest BCUT2D eigenvalue weighted by molar-refractivity contribution is 0.535. The van der Waals surface area contributed by atoms with Crippen molar-refractivity contribution in [3.63, 3.8) is 0 Å². The fourth-order valence-corrected chi connectivity index (χ4v) is 6.16. The van der Waals surface area contributed by atoms with Crippen molar-refractivity contribution in [1.82, 2.24) is 4.57 Å². The van der Waals surface area contributed by atoms with E-state index in [9.17, 15) is 16.8 Å². The van der Waals surface area contributed by atoms with Crippen LogP contribution in [0.4, 0.5) is 11.4 Å². The number of aromatic nitrogens is 1. The number of fused-ring (bicyclic) bond motifs is 1. The van der Waals surface area contributed by atoms with E-state index in [0.29, 0.717) is 28.3 Å². The van der Waals surface area contributed by atoms with Crippen LogP contribution >= 0.6 is 0 Å². The zero-order chi connectivity index (χ0) is 23.1. The highest BCUT2D eigenvalue weighted by Crippen LogP contribution is 2.32. The highest BCUT2D eigenvalue weighted by Gasteiger charge is 2.24. The average molecular weight is 464 g/mol. The molecule has 0 aliphatic carbocycles. The molecule has 0 radical (unpaired) electrons. The third-order valence-electron chi connectivity index (χ3n) is 5.04. The molecule has 0 saturated heterocycles. The van der Waals surface area contributed by atoms with Gasteiger partial charge >= 0.3 is 0 Å². The zero-order valence-corrected chi connectivity index (χ0v) is 20.3. The lowest BCUT2D eigenvalue weighted by atomic mass is 10.1. The summed E-state index contributed by atoms with van der Waals surface area (Å²) in [6, 6.07) is 9.08.